The number of likely N-dealkylation sites (tertiary alicyclic amines) is 1. The number of nitro groups is 1. The minimum absolute atomic E-state index is 0.0227. The van der Waals surface area contributed by atoms with Gasteiger partial charge < -0.3 is 10.2 Å². The second kappa shape index (κ2) is 6.22. The molecular weight excluding hydrogens is 306 g/mol. The van der Waals surface area contributed by atoms with Gasteiger partial charge in [-0.05, 0) is 43.9 Å². The van der Waals surface area contributed by atoms with E-state index in [2.05, 4.69) is 10.2 Å². The number of carbonyl (C=O) groups is 1. The van der Waals surface area contributed by atoms with Gasteiger partial charge in [0, 0.05) is 30.2 Å². The molecule has 1 aromatic rings. The molecule has 1 N–H and O–H groups in total. The molecule has 1 aliphatic carbocycles. The first-order chi connectivity index (χ1) is 10.5. The van der Waals surface area contributed by atoms with Gasteiger partial charge in [0.15, 0.2) is 0 Å². The van der Waals surface area contributed by atoms with Crippen LogP contribution in [0.1, 0.15) is 29.6 Å². The third-order valence-electron chi connectivity index (χ3n) is 4.33. The minimum Gasteiger partial charge on any atom is -0.351 e. The number of hydrogen-bond donors (Lipinski definition) is 1. The molecule has 0 bridgehead atoms. The van der Waals surface area contributed by atoms with Crippen molar-refractivity contribution in [3.8, 4) is 0 Å². The summed E-state index contributed by atoms with van der Waals surface area (Å²) >= 11 is 5.84. The predicted molar refractivity (Wildman–Crippen MR) is 83.1 cm³/mol. The summed E-state index contributed by atoms with van der Waals surface area (Å²) in [6, 6.07) is 4.78. The summed E-state index contributed by atoms with van der Waals surface area (Å²) in [6.45, 7) is 2.64. The van der Waals surface area contributed by atoms with Gasteiger partial charge in [-0.3, -0.25) is 14.9 Å². The van der Waals surface area contributed by atoms with Gasteiger partial charge in [-0.2, -0.15) is 0 Å². The van der Waals surface area contributed by atoms with Crippen LogP contribution in [0.15, 0.2) is 18.2 Å². The molecule has 1 aromatic carbocycles. The number of nitrogens with one attached hydrogen (secondary N) is 1. The van der Waals surface area contributed by atoms with Crippen molar-refractivity contribution < 1.29 is 9.72 Å². The SMILES string of the molecule is O=C(NCC1CCN(C2CC2)C1)c1cc(Cl)ccc1[N+](=O)[O-]. The zero-order valence-corrected chi connectivity index (χ0v) is 12.9. The standard InChI is InChI=1S/C15H18ClN3O3/c16-11-1-4-14(19(21)22)13(7-11)15(20)17-8-10-5-6-18(9-10)12-2-3-12/h1,4,7,10,12H,2-3,5-6,8-9H2,(H,17,20). The lowest BCUT2D eigenvalue weighted by Crippen LogP contribution is -2.31. The zero-order valence-electron chi connectivity index (χ0n) is 12.1. The highest BCUT2D eigenvalue weighted by Crippen LogP contribution is 2.31. The fraction of sp³-hybridized carbons (Fsp3) is 0.533. The lowest BCUT2D eigenvalue weighted by atomic mass is 10.1. The molecule has 22 heavy (non-hydrogen) atoms. The van der Waals surface area contributed by atoms with Crippen LogP contribution in [0.25, 0.3) is 0 Å². The Balaban J connectivity index is 1.60. The Hall–Kier alpha value is -1.66. The lowest BCUT2D eigenvalue weighted by Gasteiger charge is -2.15. The van der Waals surface area contributed by atoms with E-state index in [1.54, 1.807) is 0 Å². The molecular formula is C15H18ClN3O3. The molecule has 1 saturated heterocycles. The smallest absolute Gasteiger partial charge is 0.282 e. The third-order valence-corrected chi connectivity index (χ3v) is 4.57. The van der Waals surface area contributed by atoms with Crippen LogP contribution < -0.4 is 5.32 Å². The van der Waals surface area contributed by atoms with Crippen LogP contribution in [0.3, 0.4) is 0 Å². The molecule has 2 aliphatic rings. The first-order valence-corrected chi connectivity index (χ1v) is 7.88. The van der Waals surface area contributed by atoms with Gasteiger partial charge in [0.1, 0.15) is 5.56 Å². The second-order valence-electron chi connectivity index (χ2n) is 6.01. The molecule has 7 heteroatoms. The first-order valence-electron chi connectivity index (χ1n) is 7.51. The highest BCUT2D eigenvalue weighted by Gasteiger charge is 2.34. The Kier molecular flexibility index (Phi) is 4.31. The Morgan fingerprint density at radius 2 is 2.18 bits per heavy atom. The summed E-state index contributed by atoms with van der Waals surface area (Å²) in [7, 11) is 0. The normalized spacial score (nSPS) is 21.8. The van der Waals surface area contributed by atoms with E-state index in [-0.39, 0.29) is 11.3 Å². The van der Waals surface area contributed by atoms with Crippen LogP contribution >= 0.6 is 11.6 Å². The number of carbonyl (C=O) groups excluding carboxylic acids is 1. The molecule has 0 aromatic heterocycles. The summed E-state index contributed by atoms with van der Waals surface area (Å²) in [6.07, 6.45) is 3.63. The number of benzene rings is 1. The maximum atomic E-state index is 12.2. The van der Waals surface area contributed by atoms with Gasteiger partial charge in [-0.25, -0.2) is 0 Å². The van der Waals surface area contributed by atoms with Gasteiger partial charge in [0.2, 0.25) is 0 Å². The van der Waals surface area contributed by atoms with Crippen LogP contribution in [0.4, 0.5) is 5.69 Å². The van der Waals surface area contributed by atoms with Crippen molar-refractivity contribution in [2.45, 2.75) is 25.3 Å². The van der Waals surface area contributed by atoms with Crippen LogP contribution in [0.2, 0.25) is 5.02 Å². The van der Waals surface area contributed by atoms with E-state index < -0.39 is 10.8 Å². The van der Waals surface area contributed by atoms with Gasteiger partial charge >= 0.3 is 0 Å². The molecule has 2 fully saturated rings. The van der Waals surface area contributed by atoms with E-state index in [1.807, 2.05) is 0 Å². The summed E-state index contributed by atoms with van der Waals surface area (Å²) in [5.74, 6) is -0.0122. The fourth-order valence-corrected chi connectivity index (χ4v) is 3.15. The van der Waals surface area contributed by atoms with Crippen LogP contribution in [-0.4, -0.2) is 41.4 Å². The molecule has 118 valence electrons. The van der Waals surface area contributed by atoms with E-state index in [0.717, 1.165) is 25.6 Å². The summed E-state index contributed by atoms with van der Waals surface area (Å²) in [5, 5.41) is 14.1. The number of nitrogens with zero attached hydrogens (tertiary/aromatic N) is 2. The van der Waals surface area contributed by atoms with Gasteiger partial charge in [0.05, 0.1) is 4.92 Å². The quantitative estimate of drug-likeness (QED) is 0.667. The van der Waals surface area contributed by atoms with Crippen molar-refractivity contribution in [1.82, 2.24) is 10.2 Å². The molecule has 1 aliphatic heterocycles. The monoisotopic (exact) mass is 323 g/mol. The summed E-state index contributed by atoms with van der Waals surface area (Å²) in [4.78, 5) is 25.1. The molecule has 1 atom stereocenters. The molecule has 1 heterocycles. The van der Waals surface area contributed by atoms with Gasteiger partial charge in [-0.15, -0.1) is 0 Å². The van der Waals surface area contributed by atoms with E-state index in [9.17, 15) is 14.9 Å². The maximum Gasteiger partial charge on any atom is 0.282 e. The van der Waals surface area contributed by atoms with Crippen molar-refractivity contribution in [2.24, 2.45) is 5.92 Å². The summed E-state index contributed by atoms with van der Waals surface area (Å²) in [5.41, 5.74) is -0.192. The molecule has 6 nitrogen and oxygen atoms in total. The highest BCUT2D eigenvalue weighted by molar-refractivity contribution is 6.31. The van der Waals surface area contributed by atoms with E-state index in [0.29, 0.717) is 17.5 Å². The molecule has 3 rings (SSSR count). The van der Waals surface area contributed by atoms with E-state index in [4.69, 9.17) is 11.6 Å². The number of nitro benzene ring substituents is 1. The van der Waals surface area contributed by atoms with Crippen molar-refractivity contribution in [3.63, 3.8) is 0 Å². The van der Waals surface area contributed by atoms with E-state index >= 15 is 0 Å². The average molecular weight is 324 g/mol. The summed E-state index contributed by atoms with van der Waals surface area (Å²) < 4.78 is 0. The van der Waals surface area contributed by atoms with E-state index in [1.165, 1.54) is 31.0 Å². The van der Waals surface area contributed by atoms with Crippen molar-refractivity contribution in [1.29, 1.82) is 0 Å². The Labute approximate surface area is 133 Å². The van der Waals surface area contributed by atoms with Crippen LogP contribution in [0, 0.1) is 16.0 Å². The topological polar surface area (TPSA) is 75.5 Å². The van der Waals surface area contributed by atoms with Crippen molar-refractivity contribution >= 4 is 23.2 Å². The predicted octanol–water partition coefficient (Wildman–Crippen LogP) is 2.46. The lowest BCUT2D eigenvalue weighted by molar-refractivity contribution is -0.385. The second-order valence-corrected chi connectivity index (χ2v) is 6.45. The largest absolute Gasteiger partial charge is 0.351 e. The third kappa shape index (κ3) is 3.39. The minimum atomic E-state index is -0.560. The highest BCUT2D eigenvalue weighted by atomic mass is 35.5. The molecule has 1 amide bonds. The average Bonchev–Trinajstić information content (AvgIpc) is 3.23. The number of halogens is 1. The Bertz CT molecular complexity index is 604. The number of amides is 1. The number of hydrogen-bond acceptors (Lipinski definition) is 4. The van der Waals surface area contributed by atoms with Crippen molar-refractivity contribution in [2.75, 3.05) is 19.6 Å². The van der Waals surface area contributed by atoms with Gasteiger partial charge in [-0.1, -0.05) is 11.6 Å². The van der Waals surface area contributed by atoms with Crippen molar-refractivity contribution in [3.05, 3.63) is 38.9 Å². The number of rotatable bonds is 5. The van der Waals surface area contributed by atoms with Crippen LogP contribution in [0.5, 0.6) is 0 Å². The van der Waals surface area contributed by atoms with Crippen LogP contribution in [-0.2, 0) is 0 Å². The Morgan fingerprint density at radius 1 is 1.41 bits per heavy atom. The maximum absolute atomic E-state index is 12.2. The molecule has 0 radical (unpaired) electrons. The molecule has 1 unspecified atom stereocenters. The Morgan fingerprint density at radius 3 is 2.86 bits per heavy atom. The fourth-order valence-electron chi connectivity index (χ4n) is 2.98. The first kappa shape index (κ1) is 15.2. The van der Waals surface area contributed by atoms with Gasteiger partial charge in [0.25, 0.3) is 11.6 Å². The zero-order chi connectivity index (χ0) is 15.7. The molecule has 1 saturated carbocycles. The molecule has 0 spiro atoms.